The topological polar surface area (TPSA) is 0 Å². The molecule has 0 aliphatic rings. The van der Waals surface area contributed by atoms with Crippen molar-refractivity contribution in [2.45, 2.75) is 25.9 Å². The Balaban J connectivity index is 2.61. The second-order valence-electron chi connectivity index (χ2n) is 4.82. The van der Waals surface area contributed by atoms with Gasteiger partial charge in [0.1, 0.15) is 0 Å². The van der Waals surface area contributed by atoms with E-state index in [1.807, 2.05) is 44.2 Å². The molecule has 0 radical (unpaired) electrons. The van der Waals surface area contributed by atoms with Crippen LogP contribution in [0.15, 0.2) is 48.5 Å². The highest BCUT2D eigenvalue weighted by molar-refractivity contribution is 5.69. The third-order valence-electron chi connectivity index (χ3n) is 3.09. The number of halogens is 3. The molecule has 0 aliphatic heterocycles. The van der Waals surface area contributed by atoms with Gasteiger partial charge in [0, 0.05) is 0 Å². The van der Waals surface area contributed by atoms with Gasteiger partial charge in [-0.2, -0.15) is 13.2 Å². The maximum absolute atomic E-state index is 12.8. The average Bonchev–Trinajstić information content (AvgIpc) is 2.38. The van der Waals surface area contributed by atoms with Crippen molar-refractivity contribution in [2.75, 3.05) is 0 Å². The SMILES string of the molecule is CC(C)c1ccc(C(F)(F)F)cc1-c1ccccc1. The molecule has 100 valence electrons. The lowest BCUT2D eigenvalue weighted by Gasteiger charge is -2.16. The van der Waals surface area contributed by atoms with Gasteiger partial charge in [-0.1, -0.05) is 50.2 Å². The van der Waals surface area contributed by atoms with Gasteiger partial charge in [0.15, 0.2) is 0 Å². The highest BCUT2D eigenvalue weighted by Crippen LogP contribution is 2.36. The molecule has 0 N–H and O–H groups in total. The standard InChI is InChI=1S/C16H15F3/c1-11(2)14-9-8-13(16(17,18)19)10-15(14)12-6-4-3-5-7-12/h3-11H,1-2H3. The van der Waals surface area contributed by atoms with E-state index in [1.54, 1.807) is 6.07 Å². The van der Waals surface area contributed by atoms with Gasteiger partial charge >= 0.3 is 6.18 Å². The van der Waals surface area contributed by atoms with Crippen LogP contribution in [0.25, 0.3) is 11.1 Å². The first-order chi connectivity index (χ1) is 8.89. The molecule has 0 saturated carbocycles. The maximum atomic E-state index is 12.8. The number of hydrogen-bond donors (Lipinski definition) is 0. The first-order valence-corrected chi connectivity index (χ1v) is 6.16. The minimum Gasteiger partial charge on any atom is -0.166 e. The van der Waals surface area contributed by atoms with Gasteiger partial charge in [-0.05, 0) is 34.7 Å². The minimum absolute atomic E-state index is 0.178. The van der Waals surface area contributed by atoms with Crippen LogP contribution in [0, 0.1) is 0 Å². The molecule has 19 heavy (non-hydrogen) atoms. The summed E-state index contributed by atoms with van der Waals surface area (Å²) in [6, 6.07) is 13.2. The lowest BCUT2D eigenvalue weighted by atomic mass is 9.91. The molecule has 0 unspecified atom stereocenters. The van der Waals surface area contributed by atoms with Crippen LogP contribution in [-0.4, -0.2) is 0 Å². The van der Waals surface area contributed by atoms with Gasteiger partial charge in [-0.15, -0.1) is 0 Å². The molecule has 0 nitrogen and oxygen atoms in total. The molecule has 0 amide bonds. The smallest absolute Gasteiger partial charge is 0.166 e. The van der Waals surface area contributed by atoms with Crippen LogP contribution in [0.5, 0.6) is 0 Å². The normalized spacial score (nSPS) is 11.9. The van der Waals surface area contributed by atoms with Crippen molar-refractivity contribution < 1.29 is 13.2 Å². The van der Waals surface area contributed by atoms with E-state index in [1.165, 1.54) is 6.07 Å². The average molecular weight is 264 g/mol. The third-order valence-corrected chi connectivity index (χ3v) is 3.09. The highest BCUT2D eigenvalue weighted by atomic mass is 19.4. The van der Waals surface area contributed by atoms with Crippen LogP contribution >= 0.6 is 0 Å². The van der Waals surface area contributed by atoms with Crippen molar-refractivity contribution in [3.8, 4) is 11.1 Å². The summed E-state index contributed by atoms with van der Waals surface area (Å²) < 4.78 is 38.4. The summed E-state index contributed by atoms with van der Waals surface area (Å²) in [5, 5.41) is 0. The molecule has 0 aromatic heterocycles. The molecule has 0 heterocycles. The number of alkyl halides is 3. The molecule has 0 fully saturated rings. The first kappa shape index (κ1) is 13.7. The quantitative estimate of drug-likeness (QED) is 0.672. The van der Waals surface area contributed by atoms with Gasteiger partial charge in [-0.25, -0.2) is 0 Å². The number of hydrogen-bond acceptors (Lipinski definition) is 0. The predicted octanol–water partition coefficient (Wildman–Crippen LogP) is 5.50. The van der Waals surface area contributed by atoms with E-state index in [0.717, 1.165) is 17.2 Å². The van der Waals surface area contributed by atoms with Crippen LogP contribution in [0.4, 0.5) is 13.2 Å². The Labute approximate surface area is 110 Å². The van der Waals surface area contributed by atoms with Crippen molar-refractivity contribution in [2.24, 2.45) is 0 Å². The fourth-order valence-electron chi connectivity index (χ4n) is 2.10. The van der Waals surface area contributed by atoms with Gasteiger partial charge in [0.2, 0.25) is 0 Å². The summed E-state index contributed by atoms with van der Waals surface area (Å²) in [6.45, 7) is 3.96. The van der Waals surface area contributed by atoms with Crippen molar-refractivity contribution >= 4 is 0 Å². The van der Waals surface area contributed by atoms with Crippen molar-refractivity contribution in [1.29, 1.82) is 0 Å². The van der Waals surface area contributed by atoms with Gasteiger partial charge < -0.3 is 0 Å². The van der Waals surface area contributed by atoms with Gasteiger partial charge in [-0.3, -0.25) is 0 Å². The summed E-state index contributed by atoms with van der Waals surface area (Å²) in [4.78, 5) is 0. The fraction of sp³-hybridized carbons (Fsp3) is 0.250. The molecule has 2 aromatic rings. The molecule has 0 spiro atoms. The first-order valence-electron chi connectivity index (χ1n) is 6.16. The molecule has 0 bridgehead atoms. The predicted molar refractivity (Wildman–Crippen MR) is 71.0 cm³/mol. The Hall–Kier alpha value is -1.77. The monoisotopic (exact) mass is 264 g/mol. The lowest BCUT2D eigenvalue weighted by Crippen LogP contribution is -2.06. The zero-order chi connectivity index (χ0) is 14.0. The molecule has 0 atom stereocenters. The van der Waals surface area contributed by atoms with E-state index < -0.39 is 11.7 Å². The molecular weight excluding hydrogens is 249 g/mol. The summed E-state index contributed by atoms with van der Waals surface area (Å²) >= 11 is 0. The zero-order valence-corrected chi connectivity index (χ0v) is 10.8. The Bertz CT molecular complexity index is 554. The summed E-state index contributed by atoms with van der Waals surface area (Å²) in [5.41, 5.74) is 1.80. The van der Waals surface area contributed by atoms with Gasteiger partial charge in [0.25, 0.3) is 0 Å². The molecular formula is C16H15F3. The van der Waals surface area contributed by atoms with E-state index >= 15 is 0 Å². The van der Waals surface area contributed by atoms with E-state index in [2.05, 4.69) is 0 Å². The molecule has 0 aliphatic carbocycles. The highest BCUT2D eigenvalue weighted by Gasteiger charge is 2.31. The van der Waals surface area contributed by atoms with Crippen LogP contribution in [0.2, 0.25) is 0 Å². The van der Waals surface area contributed by atoms with Crippen molar-refractivity contribution in [3.05, 3.63) is 59.7 Å². The molecule has 2 aromatic carbocycles. The number of benzene rings is 2. The lowest BCUT2D eigenvalue weighted by molar-refractivity contribution is -0.137. The summed E-state index contributed by atoms with van der Waals surface area (Å²) in [6.07, 6.45) is -4.31. The van der Waals surface area contributed by atoms with E-state index in [0.29, 0.717) is 5.56 Å². The van der Waals surface area contributed by atoms with Crippen LogP contribution < -0.4 is 0 Å². The van der Waals surface area contributed by atoms with Crippen molar-refractivity contribution in [1.82, 2.24) is 0 Å². The largest absolute Gasteiger partial charge is 0.416 e. The summed E-state index contributed by atoms with van der Waals surface area (Å²) in [7, 11) is 0. The molecule has 2 rings (SSSR count). The molecule has 3 heteroatoms. The molecule has 0 saturated heterocycles. The second-order valence-corrected chi connectivity index (χ2v) is 4.82. The van der Waals surface area contributed by atoms with Gasteiger partial charge in [0.05, 0.1) is 5.56 Å². The van der Waals surface area contributed by atoms with Crippen molar-refractivity contribution in [3.63, 3.8) is 0 Å². The third kappa shape index (κ3) is 2.98. The van der Waals surface area contributed by atoms with Crippen LogP contribution in [-0.2, 0) is 6.18 Å². The van der Waals surface area contributed by atoms with E-state index in [-0.39, 0.29) is 5.92 Å². The Morgan fingerprint density at radius 2 is 1.53 bits per heavy atom. The van der Waals surface area contributed by atoms with Crippen LogP contribution in [0.3, 0.4) is 0 Å². The van der Waals surface area contributed by atoms with Crippen LogP contribution in [0.1, 0.15) is 30.9 Å². The van der Waals surface area contributed by atoms with E-state index in [4.69, 9.17) is 0 Å². The fourth-order valence-corrected chi connectivity index (χ4v) is 2.10. The summed E-state index contributed by atoms with van der Waals surface area (Å²) in [5.74, 6) is 0.178. The Morgan fingerprint density at radius 1 is 0.895 bits per heavy atom. The Morgan fingerprint density at radius 3 is 2.05 bits per heavy atom. The minimum atomic E-state index is -4.31. The zero-order valence-electron chi connectivity index (χ0n) is 10.8. The van der Waals surface area contributed by atoms with E-state index in [9.17, 15) is 13.2 Å². The number of rotatable bonds is 2. The second kappa shape index (κ2) is 5.08. The maximum Gasteiger partial charge on any atom is 0.416 e. The Kier molecular flexibility index (Phi) is 3.65.